The standard InChI is InChI=1S/C33H32Cl2N4O4.ClH/c1-3-22-5-14-27(28(21-22)43-4-2)32-36-30(23-6-10-25(34)11-7-23)31(24-8-12-26(35)13-9-24)39(32)33(42)38-19-17-37(18-20-38)16-15-29(40)41;/h1,5-14,21,30-31H,4,15-20H2,2H3,(H,40,41);1H/t30-,31+;/m0./s1. The first-order valence-corrected chi connectivity index (χ1v) is 14.9. The number of aliphatic imine (C=N–C) groups is 1. The van der Waals surface area contributed by atoms with Crippen LogP contribution in [0.3, 0.4) is 0 Å². The van der Waals surface area contributed by atoms with Crippen molar-refractivity contribution in [3.05, 3.63) is 99.0 Å². The van der Waals surface area contributed by atoms with E-state index in [1.54, 1.807) is 15.9 Å². The van der Waals surface area contributed by atoms with E-state index in [2.05, 4.69) is 10.8 Å². The van der Waals surface area contributed by atoms with Crippen LogP contribution in [0, 0.1) is 12.3 Å². The number of carboxylic acids is 1. The smallest absolute Gasteiger partial charge is 0.326 e. The average Bonchev–Trinajstić information content (AvgIpc) is 3.41. The lowest BCUT2D eigenvalue weighted by atomic mass is 9.93. The summed E-state index contributed by atoms with van der Waals surface area (Å²) < 4.78 is 6.02. The summed E-state index contributed by atoms with van der Waals surface area (Å²) in [6, 6.07) is 19.3. The van der Waals surface area contributed by atoms with Crippen LogP contribution < -0.4 is 4.74 Å². The molecule has 3 aromatic carbocycles. The van der Waals surface area contributed by atoms with Crippen LogP contribution in [0.25, 0.3) is 0 Å². The van der Waals surface area contributed by atoms with Crippen LogP contribution in [0.2, 0.25) is 10.0 Å². The summed E-state index contributed by atoms with van der Waals surface area (Å²) in [7, 11) is 0. The third-order valence-electron chi connectivity index (χ3n) is 7.67. The predicted octanol–water partition coefficient (Wildman–Crippen LogP) is 6.55. The quantitative estimate of drug-likeness (QED) is 0.278. The van der Waals surface area contributed by atoms with Gasteiger partial charge in [-0.05, 0) is 60.5 Å². The first kappa shape index (κ1) is 33.2. The fourth-order valence-corrected chi connectivity index (χ4v) is 5.75. The number of benzene rings is 3. The zero-order chi connectivity index (χ0) is 30.5. The van der Waals surface area contributed by atoms with Crippen molar-refractivity contribution >= 4 is 53.4 Å². The Labute approximate surface area is 273 Å². The zero-order valence-electron chi connectivity index (χ0n) is 24.2. The Morgan fingerprint density at radius 2 is 1.59 bits per heavy atom. The number of ether oxygens (including phenoxy) is 1. The molecule has 1 N–H and O–H groups in total. The van der Waals surface area contributed by atoms with Crippen LogP contribution in [0.5, 0.6) is 5.75 Å². The molecule has 3 aromatic rings. The number of amides is 2. The molecule has 5 rings (SSSR count). The van der Waals surface area contributed by atoms with Crippen molar-refractivity contribution in [1.82, 2.24) is 14.7 Å². The minimum Gasteiger partial charge on any atom is -0.493 e. The van der Waals surface area contributed by atoms with Crippen LogP contribution in [-0.4, -0.2) is 77.0 Å². The number of terminal acetylenes is 1. The molecule has 2 amide bonds. The van der Waals surface area contributed by atoms with Crippen molar-refractivity contribution in [2.75, 3.05) is 39.3 Å². The number of piperazine rings is 1. The Kier molecular flexibility index (Phi) is 11.2. The number of carboxylic acid groups (broad SMARTS) is 1. The number of hydrogen-bond donors (Lipinski definition) is 1. The Morgan fingerprint density at radius 3 is 2.16 bits per heavy atom. The van der Waals surface area contributed by atoms with Gasteiger partial charge in [0.15, 0.2) is 0 Å². The minimum atomic E-state index is -0.837. The number of carbonyl (C=O) groups is 2. The molecule has 8 nitrogen and oxygen atoms in total. The number of rotatable bonds is 8. The Balaban J connectivity index is 0.00000442. The summed E-state index contributed by atoms with van der Waals surface area (Å²) in [5, 5.41) is 10.3. The van der Waals surface area contributed by atoms with Gasteiger partial charge in [-0.25, -0.2) is 4.79 Å². The third-order valence-corrected chi connectivity index (χ3v) is 8.17. The van der Waals surface area contributed by atoms with Gasteiger partial charge in [-0.15, -0.1) is 18.8 Å². The van der Waals surface area contributed by atoms with Gasteiger partial charge in [0.2, 0.25) is 0 Å². The van der Waals surface area contributed by atoms with Crippen molar-refractivity contribution in [1.29, 1.82) is 0 Å². The predicted molar refractivity (Wildman–Crippen MR) is 175 cm³/mol. The maximum Gasteiger partial charge on any atom is 0.326 e. The van der Waals surface area contributed by atoms with Crippen LogP contribution in [0.15, 0.2) is 71.7 Å². The maximum atomic E-state index is 14.6. The highest BCUT2D eigenvalue weighted by Gasteiger charge is 2.45. The van der Waals surface area contributed by atoms with E-state index in [1.807, 2.05) is 67.6 Å². The Bertz CT molecular complexity index is 1550. The lowest BCUT2D eigenvalue weighted by Crippen LogP contribution is -2.54. The SMILES string of the molecule is C#Cc1ccc(C2=N[C@@H](c3ccc(Cl)cc3)[C@@H](c3ccc(Cl)cc3)N2C(=O)N2CCN(CCC(=O)O)CC2)c(OCC)c1.Cl. The van der Waals surface area contributed by atoms with Gasteiger partial charge in [-0.3, -0.25) is 19.6 Å². The van der Waals surface area contributed by atoms with E-state index >= 15 is 0 Å². The Morgan fingerprint density at radius 1 is 0.977 bits per heavy atom. The molecule has 2 aliphatic rings. The van der Waals surface area contributed by atoms with Crippen molar-refractivity contribution in [2.24, 2.45) is 4.99 Å². The molecule has 0 spiro atoms. The van der Waals surface area contributed by atoms with Gasteiger partial charge in [-0.2, -0.15) is 0 Å². The lowest BCUT2D eigenvalue weighted by Gasteiger charge is -2.39. The number of carbonyl (C=O) groups excluding carboxylic acids is 1. The summed E-state index contributed by atoms with van der Waals surface area (Å²) in [4.78, 5) is 36.5. The number of aliphatic carboxylic acids is 1. The molecule has 0 bridgehead atoms. The van der Waals surface area contributed by atoms with Gasteiger partial charge in [0.1, 0.15) is 17.6 Å². The van der Waals surface area contributed by atoms with Crippen molar-refractivity contribution in [3.8, 4) is 18.1 Å². The van der Waals surface area contributed by atoms with E-state index in [1.165, 1.54) is 0 Å². The molecule has 0 unspecified atom stereocenters. The van der Waals surface area contributed by atoms with Crippen LogP contribution >= 0.6 is 35.6 Å². The highest BCUT2D eigenvalue weighted by molar-refractivity contribution is 6.30. The second-order valence-electron chi connectivity index (χ2n) is 10.4. The first-order chi connectivity index (χ1) is 20.8. The van der Waals surface area contributed by atoms with Gasteiger partial charge >= 0.3 is 12.0 Å². The highest BCUT2D eigenvalue weighted by Crippen LogP contribution is 2.45. The van der Waals surface area contributed by atoms with Gasteiger partial charge in [-0.1, -0.05) is 53.4 Å². The van der Waals surface area contributed by atoms with E-state index in [-0.39, 0.29) is 24.9 Å². The van der Waals surface area contributed by atoms with E-state index in [0.29, 0.717) is 72.1 Å². The van der Waals surface area contributed by atoms with Gasteiger partial charge in [0.05, 0.1) is 24.6 Å². The normalized spacial score (nSPS) is 18.3. The molecular formula is C33H33Cl3N4O4. The van der Waals surface area contributed by atoms with Gasteiger partial charge in [0, 0.05) is 48.3 Å². The number of amidine groups is 1. The molecule has 2 heterocycles. The van der Waals surface area contributed by atoms with E-state index in [4.69, 9.17) is 44.5 Å². The molecule has 0 saturated carbocycles. The molecule has 1 saturated heterocycles. The lowest BCUT2D eigenvalue weighted by molar-refractivity contribution is -0.137. The van der Waals surface area contributed by atoms with Crippen molar-refractivity contribution in [3.63, 3.8) is 0 Å². The molecular weight excluding hydrogens is 623 g/mol. The zero-order valence-corrected chi connectivity index (χ0v) is 26.5. The largest absolute Gasteiger partial charge is 0.493 e. The van der Waals surface area contributed by atoms with E-state index < -0.39 is 18.1 Å². The molecule has 44 heavy (non-hydrogen) atoms. The summed E-state index contributed by atoms with van der Waals surface area (Å²) in [5.74, 6) is 2.84. The monoisotopic (exact) mass is 654 g/mol. The van der Waals surface area contributed by atoms with E-state index in [0.717, 1.165) is 11.1 Å². The molecule has 0 aliphatic carbocycles. The number of nitrogens with zero attached hydrogens (tertiary/aromatic N) is 4. The van der Waals surface area contributed by atoms with Crippen LogP contribution in [0.4, 0.5) is 4.79 Å². The van der Waals surface area contributed by atoms with E-state index in [9.17, 15) is 9.59 Å². The molecule has 11 heteroatoms. The fraction of sp³-hybridized carbons (Fsp3) is 0.303. The Hall–Kier alpha value is -3.74. The fourth-order valence-electron chi connectivity index (χ4n) is 5.50. The summed E-state index contributed by atoms with van der Waals surface area (Å²) >= 11 is 12.5. The molecule has 0 radical (unpaired) electrons. The molecule has 2 atom stereocenters. The van der Waals surface area contributed by atoms with Gasteiger partial charge < -0.3 is 14.7 Å². The highest BCUT2D eigenvalue weighted by atomic mass is 35.5. The number of urea groups is 1. The number of halogens is 3. The third kappa shape index (κ3) is 7.31. The van der Waals surface area contributed by atoms with Crippen LogP contribution in [-0.2, 0) is 4.79 Å². The second-order valence-corrected chi connectivity index (χ2v) is 11.2. The van der Waals surface area contributed by atoms with Crippen molar-refractivity contribution < 1.29 is 19.4 Å². The minimum absolute atomic E-state index is 0. The van der Waals surface area contributed by atoms with Crippen LogP contribution in [0.1, 0.15) is 47.7 Å². The number of hydrogen-bond acceptors (Lipinski definition) is 5. The summed E-state index contributed by atoms with van der Waals surface area (Å²) in [6.45, 7) is 4.80. The van der Waals surface area contributed by atoms with Crippen molar-refractivity contribution in [2.45, 2.75) is 25.4 Å². The molecule has 1 fully saturated rings. The second kappa shape index (κ2) is 14.8. The molecule has 230 valence electrons. The average molecular weight is 656 g/mol. The maximum absolute atomic E-state index is 14.6. The van der Waals surface area contributed by atoms with Gasteiger partial charge in [0.25, 0.3) is 0 Å². The first-order valence-electron chi connectivity index (χ1n) is 14.1. The topological polar surface area (TPSA) is 85.7 Å². The summed E-state index contributed by atoms with van der Waals surface area (Å²) in [6.07, 6.45) is 5.76. The summed E-state index contributed by atoms with van der Waals surface area (Å²) in [5.41, 5.74) is 3.08. The molecule has 2 aliphatic heterocycles. The molecule has 0 aromatic heterocycles.